The van der Waals surface area contributed by atoms with Crippen molar-refractivity contribution in [1.82, 2.24) is 10.6 Å². The van der Waals surface area contributed by atoms with E-state index >= 15 is 0 Å². The number of ether oxygens (including phenoxy) is 2. The summed E-state index contributed by atoms with van der Waals surface area (Å²) in [6.45, 7) is 2.09. The predicted molar refractivity (Wildman–Crippen MR) is 61.3 cm³/mol. The maximum atomic E-state index is 11.3. The molecule has 1 rings (SSSR count). The SMILES string of the molecule is COCC(CNC1CCCNC(=O)C1)OC. The van der Waals surface area contributed by atoms with Crippen molar-refractivity contribution in [2.75, 3.05) is 33.9 Å². The maximum Gasteiger partial charge on any atom is 0.221 e. The molecule has 1 amide bonds. The molecule has 94 valence electrons. The Morgan fingerprint density at radius 3 is 3.06 bits per heavy atom. The van der Waals surface area contributed by atoms with Crippen LogP contribution in [0.1, 0.15) is 19.3 Å². The van der Waals surface area contributed by atoms with Crippen LogP contribution in [0.25, 0.3) is 0 Å². The van der Waals surface area contributed by atoms with Crippen molar-refractivity contribution in [1.29, 1.82) is 0 Å². The van der Waals surface area contributed by atoms with Gasteiger partial charge in [0.15, 0.2) is 0 Å². The first-order valence-corrected chi connectivity index (χ1v) is 5.78. The molecule has 1 aliphatic heterocycles. The number of amides is 1. The number of carbonyl (C=O) groups is 1. The van der Waals surface area contributed by atoms with Gasteiger partial charge in [-0.25, -0.2) is 0 Å². The van der Waals surface area contributed by atoms with Gasteiger partial charge in [-0.3, -0.25) is 4.79 Å². The van der Waals surface area contributed by atoms with Crippen molar-refractivity contribution >= 4 is 5.91 Å². The molecule has 2 unspecified atom stereocenters. The molecule has 0 spiro atoms. The zero-order valence-electron chi connectivity index (χ0n) is 10.1. The number of hydrogen-bond donors (Lipinski definition) is 2. The molecule has 0 saturated carbocycles. The van der Waals surface area contributed by atoms with Crippen LogP contribution in [-0.4, -0.2) is 52.0 Å². The number of hydrogen-bond acceptors (Lipinski definition) is 4. The van der Waals surface area contributed by atoms with Crippen molar-refractivity contribution < 1.29 is 14.3 Å². The second kappa shape index (κ2) is 7.60. The fourth-order valence-corrected chi connectivity index (χ4v) is 1.84. The minimum Gasteiger partial charge on any atom is -0.382 e. The van der Waals surface area contributed by atoms with Crippen LogP contribution in [0.15, 0.2) is 0 Å². The van der Waals surface area contributed by atoms with E-state index in [2.05, 4.69) is 10.6 Å². The molecular weight excluding hydrogens is 208 g/mol. The molecule has 1 fully saturated rings. The lowest BCUT2D eigenvalue weighted by Crippen LogP contribution is -2.39. The van der Waals surface area contributed by atoms with Crippen molar-refractivity contribution in [3.05, 3.63) is 0 Å². The second-order valence-corrected chi connectivity index (χ2v) is 4.11. The Hall–Kier alpha value is -0.650. The van der Waals surface area contributed by atoms with Gasteiger partial charge >= 0.3 is 0 Å². The van der Waals surface area contributed by atoms with Crippen LogP contribution in [0.5, 0.6) is 0 Å². The third kappa shape index (κ3) is 4.92. The summed E-state index contributed by atoms with van der Waals surface area (Å²) in [4.78, 5) is 11.3. The molecule has 0 radical (unpaired) electrons. The minimum absolute atomic E-state index is 0.0521. The molecule has 5 heteroatoms. The van der Waals surface area contributed by atoms with E-state index in [1.54, 1.807) is 14.2 Å². The monoisotopic (exact) mass is 230 g/mol. The lowest BCUT2D eigenvalue weighted by atomic mass is 10.1. The smallest absolute Gasteiger partial charge is 0.221 e. The number of rotatable bonds is 6. The van der Waals surface area contributed by atoms with E-state index in [-0.39, 0.29) is 18.1 Å². The van der Waals surface area contributed by atoms with E-state index in [0.717, 1.165) is 25.9 Å². The van der Waals surface area contributed by atoms with Crippen LogP contribution >= 0.6 is 0 Å². The van der Waals surface area contributed by atoms with Gasteiger partial charge in [0, 0.05) is 39.8 Å². The molecule has 0 aromatic heterocycles. The maximum absolute atomic E-state index is 11.3. The highest BCUT2D eigenvalue weighted by atomic mass is 16.5. The summed E-state index contributed by atoms with van der Waals surface area (Å²) in [6, 6.07) is 0.261. The normalized spacial score (nSPS) is 23.6. The van der Waals surface area contributed by atoms with Gasteiger partial charge in [0.25, 0.3) is 0 Å². The van der Waals surface area contributed by atoms with Crippen molar-refractivity contribution in [2.24, 2.45) is 0 Å². The van der Waals surface area contributed by atoms with Gasteiger partial charge in [-0.15, -0.1) is 0 Å². The van der Waals surface area contributed by atoms with Gasteiger partial charge in [-0.1, -0.05) is 0 Å². The molecule has 1 saturated heterocycles. The van der Waals surface area contributed by atoms with Crippen LogP contribution in [0.4, 0.5) is 0 Å². The van der Waals surface area contributed by atoms with Crippen LogP contribution in [-0.2, 0) is 14.3 Å². The van der Waals surface area contributed by atoms with Crippen molar-refractivity contribution in [3.8, 4) is 0 Å². The fourth-order valence-electron chi connectivity index (χ4n) is 1.84. The topological polar surface area (TPSA) is 59.6 Å². The lowest BCUT2D eigenvalue weighted by molar-refractivity contribution is -0.121. The summed E-state index contributed by atoms with van der Waals surface area (Å²) < 4.78 is 10.3. The molecule has 1 aliphatic rings. The van der Waals surface area contributed by atoms with Gasteiger partial charge in [0.1, 0.15) is 0 Å². The van der Waals surface area contributed by atoms with Crippen LogP contribution in [0, 0.1) is 0 Å². The zero-order valence-corrected chi connectivity index (χ0v) is 10.1. The third-order valence-electron chi connectivity index (χ3n) is 2.80. The summed E-state index contributed by atoms with van der Waals surface area (Å²) in [5.74, 6) is 0.135. The molecule has 0 aromatic rings. The highest BCUT2D eigenvalue weighted by Crippen LogP contribution is 2.06. The molecule has 2 atom stereocenters. The number of nitrogens with one attached hydrogen (secondary N) is 2. The summed E-state index contributed by atoms with van der Waals surface area (Å²) in [5, 5.41) is 6.23. The molecular formula is C11H22N2O3. The number of carbonyl (C=O) groups excluding carboxylic acids is 1. The largest absolute Gasteiger partial charge is 0.382 e. The van der Waals surface area contributed by atoms with E-state index < -0.39 is 0 Å². The molecule has 0 aliphatic carbocycles. The Balaban J connectivity index is 2.26. The highest BCUT2D eigenvalue weighted by molar-refractivity contribution is 5.76. The minimum atomic E-state index is 0.0521. The van der Waals surface area contributed by atoms with Crippen LogP contribution in [0.3, 0.4) is 0 Å². The van der Waals surface area contributed by atoms with E-state index in [0.29, 0.717) is 13.0 Å². The van der Waals surface area contributed by atoms with Crippen LogP contribution in [0.2, 0.25) is 0 Å². The average Bonchev–Trinajstić information content (AvgIpc) is 2.49. The van der Waals surface area contributed by atoms with E-state index in [4.69, 9.17) is 9.47 Å². The van der Waals surface area contributed by atoms with E-state index in [1.165, 1.54) is 0 Å². The Morgan fingerprint density at radius 1 is 1.56 bits per heavy atom. The molecule has 2 N–H and O–H groups in total. The van der Waals surface area contributed by atoms with Crippen LogP contribution < -0.4 is 10.6 Å². The quantitative estimate of drug-likeness (QED) is 0.669. The average molecular weight is 230 g/mol. The molecule has 16 heavy (non-hydrogen) atoms. The molecule has 0 bridgehead atoms. The summed E-state index contributed by atoms with van der Waals surface area (Å²) in [7, 11) is 3.33. The van der Waals surface area contributed by atoms with Gasteiger partial charge in [-0.2, -0.15) is 0 Å². The standard InChI is InChI=1S/C11H22N2O3/c1-15-8-10(16-2)7-13-9-4-3-5-12-11(14)6-9/h9-10,13H,3-8H2,1-2H3,(H,12,14). The Kier molecular flexibility index (Phi) is 6.37. The highest BCUT2D eigenvalue weighted by Gasteiger charge is 2.18. The lowest BCUT2D eigenvalue weighted by Gasteiger charge is -2.20. The van der Waals surface area contributed by atoms with Gasteiger partial charge in [-0.05, 0) is 12.8 Å². The Labute approximate surface area is 96.9 Å². The molecule has 0 aromatic carbocycles. The predicted octanol–water partition coefficient (Wildman–Crippen LogP) is -0.0939. The summed E-state index contributed by atoms with van der Waals surface area (Å²) >= 11 is 0. The number of methoxy groups -OCH3 is 2. The van der Waals surface area contributed by atoms with Gasteiger partial charge < -0.3 is 20.1 Å². The van der Waals surface area contributed by atoms with E-state index in [1.807, 2.05) is 0 Å². The van der Waals surface area contributed by atoms with Crippen molar-refractivity contribution in [2.45, 2.75) is 31.4 Å². The van der Waals surface area contributed by atoms with E-state index in [9.17, 15) is 4.79 Å². The third-order valence-corrected chi connectivity index (χ3v) is 2.80. The summed E-state index contributed by atoms with van der Waals surface area (Å²) in [6.07, 6.45) is 2.67. The Morgan fingerprint density at radius 2 is 2.38 bits per heavy atom. The first-order chi connectivity index (χ1) is 7.76. The first-order valence-electron chi connectivity index (χ1n) is 5.78. The second-order valence-electron chi connectivity index (χ2n) is 4.11. The molecule has 1 heterocycles. The van der Waals surface area contributed by atoms with Gasteiger partial charge in [0.05, 0.1) is 12.7 Å². The summed E-state index contributed by atoms with van der Waals surface area (Å²) in [5.41, 5.74) is 0. The first kappa shape index (κ1) is 13.4. The zero-order chi connectivity index (χ0) is 11.8. The van der Waals surface area contributed by atoms with Crippen molar-refractivity contribution in [3.63, 3.8) is 0 Å². The Bertz CT molecular complexity index is 211. The molecule has 5 nitrogen and oxygen atoms in total. The van der Waals surface area contributed by atoms with Gasteiger partial charge in [0.2, 0.25) is 5.91 Å². The fraction of sp³-hybridized carbons (Fsp3) is 0.909.